The lowest BCUT2D eigenvalue weighted by molar-refractivity contribution is -0.122. The van der Waals surface area contributed by atoms with Crippen LogP contribution in [0.1, 0.15) is 25.0 Å². The summed E-state index contributed by atoms with van der Waals surface area (Å²) in [5.74, 6) is -0.954. The Morgan fingerprint density at radius 1 is 1.11 bits per heavy atom. The van der Waals surface area contributed by atoms with Crippen LogP contribution in [0.3, 0.4) is 0 Å². The van der Waals surface area contributed by atoms with E-state index in [9.17, 15) is 14.4 Å². The first-order valence-corrected chi connectivity index (χ1v) is 9.09. The number of barbiturate groups is 1. The number of rotatable bonds is 4. The quantitative estimate of drug-likeness (QED) is 0.621. The van der Waals surface area contributed by atoms with Crippen molar-refractivity contribution in [2.75, 3.05) is 4.90 Å². The maximum Gasteiger partial charge on any atom is 0.335 e. The van der Waals surface area contributed by atoms with Crippen molar-refractivity contribution in [3.63, 3.8) is 0 Å². The Labute approximate surface area is 167 Å². The van der Waals surface area contributed by atoms with Crippen LogP contribution >= 0.6 is 11.6 Å². The summed E-state index contributed by atoms with van der Waals surface area (Å²) in [4.78, 5) is 38.5. The molecule has 0 aliphatic carbocycles. The third kappa shape index (κ3) is 3.92. The van der Waals surface area contributed by atoms with Gasteiger partial charge in [-0.3, -0.25) is 14.9 Å². The molecule has 1 heterocycles. The summed E-state index contributed by atoms with van der Waals surface area (Å²) in [5.41, 5.74) is 1.48. The molecule has 1 aliphatic heterocycles. The van der Waals surface area contributed by atoms with Crippen LogP contribution < -0.4 is 15.0 Å². The van der Waals surface area contributed by atoms with Crippen LogP contribution in [0.15, 0.2) is 48.0 Å². The summed E-state index contributed by atoms with van der Waals surface area (Å²) in [7, 11) is 0. The van der Waals surface area contributed by atoms with E-state index in [0.29, 0.717) is 16.3 Å². The molecule has 4 amide bonds. The fraction of sp³-hybridized carbons (Fsp3) is 0.190. The molecule has 2 aromatic rings. The Hall–Kier alpha value is -3.12. The summed E-state index contributed by atoms with van der Waals surface area (Å²) >= 11 is 6.12. The number of amides is 4. The van der Waals surface area contributed by atoms with E-state index in [1.54, 1.807) is 36.4 Å². The van der Waals surface area contributed by atoms with E-state index >= 15 is 0 Å². The van der Waals surface area contributed by atoms with Gasteiger partial charge in [0.05, 0.1) is 11.8 Å². The molecule has 0 atom stereocenters. The molecule has 144 valence electrons. The van der Waals surface area contributed by atoms with Gasteiger partial charge in [-0.1, -0.05) is 35.9 Å². The van der Waals surface area contributed by atoms with Crippen molar-refractivity contribution < 1.29 is 19.1 Å². The number of hydrogen-bond acceptors (Lipinski definition) is 4. The first kappa shape index (κ1) is 19.6. The number of nitrogens with one attached hydrogen (secondary N) is 1. The fourth-order valence-corrected chi connectivity index (χ4v) is 2.90. The van der Waals surface area contributed by atoms with Gasteiger partial charge in [0.25, 0.3) is 11.8 Å². The van der Waals surface area contributed by atoms with E-state index in [-0.39, 0.29) is 17.4 Å². The van der Waals surface area contributed by atoms with Crippen LogP contribution in [0.4, 0.5) is 10.5 Å². The number of imide groups is 2. The van der Waals surface area contributed by atoms with Crippen LogP contribution in [0.25, 0.3) is 6.08 Å². The van der Waals surface area contributed by atoms with Crippen molar-refractivity contribution in [1.82, 2.24) is 5.32 Å². The SMILES string of the molecule is Cc1ccc(N2C(=O)NC(=O)/C(=C\c3ccccc3OC(C)C)C2=O)cc1Cl. The number of anilines is 1. The second-order valence-corrected chi connectivity index (χ2v) is 7.00. The third-order valence-corrected chi connectivity index (χ3v) is 4.50. The standard InChI is InChI=1S/C21H19ClN2O4/c1-12(2)28-18-7-5-4-6-14(18)10-16-19(25)23-21(27)24(20(16)26)15-9-8-13(3)17(22)11-15/h4-12H,1-3H3,(H,23,25,27)/b16-10+. The number of carbonyl (C=O) groups excluding carboxylic acids is 3. The van der Waals surface area contributed by atoms with Gasteiger partial charge in [0.2, 0.25) is 0 Å². The summed E-state index contributed by atoms with van der Waals surface area (Å²) in [5, 5.41) is 2.61. The lowest BCUT2D eigenvalue weighted by atomic mass is 10.1. The van der Waals surface area contributed by atoms with Crippen LogP contribution in [-0.2, 0) is 9.59 Å². The minimum absolute atomic E-state index is 0.0804. The van der Waals surface area contributed by atoms with Crippen molar-refractivity contribution in [3.8, 4) is 5.75 Å². The molecule has 6 nitrogen and oxygen atoms in total. The Kier molecular flexibility index (Phi) is 5.51. The Morgan fingerprint density at radius 2 is 1.82 bits per heavy atom. The van der Waals surface area contributed by atoms with Crippen molar-refractivity contribution in [2.45, 2.75) is 26.9 Å². The second kappa shape index (κ2) is 7.86. The molecule has 28 heavy (non-hydrogen) atoms. The number of halogens is 1. The Bertz CT molecular complexity index is 998. The summed E-state index contributed by atoms with van der Waals surface area (Å²) in [6.45, 7) is 5.57. The molecule has 1 saturated heterocycles. The highest BCUT2D eigenvalue weighted by Gasteiger charge is 2.37. The highest BCUT2D eigenvalue weighted by molar-refractivity contribution is 6.39. The van der Waals surface area contributed by atoms with E-state index in [1.807, 2.05) is 20.8 Å². The van der Waals surface area contributed by atoms with Gasteiger partial charge >= 0.3 is 6.03 Å². The molecule has 0 bridgehead atoms. The fourth-order valence-electron chi connectivity index (χ4n) is 2.73. The number of ether oxygens (including phenoxy) is 1. The minimum Gasteiger partial charge on any atom is -0.490 e. The van der Waals surface area contributed by atoms with E-state index < -0.39 is 17.8 Å². The first-order valence-electron chi connectivity index (χ1n) is 8.71. The number of carbonyl (C=O) groups is 3. The predicted molar refractivity (Wildman–Crippen MR) is 107 cm³/mol. The number of aryl methyl sites for hydroxylation is 1. The van der Waals surface area contributed by atoms with Crippen LogP contribution in [0, 0.1) is 6.92 Å². The lowest BCUT2D eigenvalue weighted by Crippen LogP contribution is -2.54. The van der Waals surface area contributed by atoms with E-state index in [1.165, 1.54) is 12.1 Å². The highest BCUT2D eigenvalue weighted by Crippen LogP contribution is 2.28. The maximum atomic E-state index is 13.0. The van der Waals surface area contributed by atoms with Gasteiger partial charge in [-0.2, -0.15) is 0 Å². The topological polar surface area (TPSA) is 75.7 Å². The minimum atomic E-state index is -0.821. The third-order valence-electron chi connectivity index (χ3n) is 4.10. The molecule has 0 radical (unpaired) electrons. The van der Waals surface area contributed by atoms with Crippen molar-refractivity contribution >= 4 is 41.2 Å². The Balaban J connectivity index is 2.03. The molecule has 7 heteroatoms. The summed E-state index contributed by atoms with van der Waals surface area (Å²) < 4.78 is 5.73. The molecular weight excluding hydrogens is 380 g/mol. The molecule has 2 aromatic carbocycles. The molecule has 0 spiro atoms. The van der Waals surface area contributed by atoms with Gasteiger partial charge in [0.15, 0.2) is 0 Å². The summed E-state index contributed by atoms with van der Waals surface area (Å²) in [6.07, 6.45) is 1.34. The molecule has 0 unspecified atom stereocenters. The zero-order valence-electron chi connectivity index (χ0n) is 15.7. The van der Waals surface area contributed by atoms with Gasteiger partial charge in [0.1, 0.15) is 11.3 Å². The average molecular weight is 399 g/mol. The van der Waals surface area contributed by atoms with E-state index in [4.69, 9.17) is 16.3 Å². The molecule has 1 N–H and O–H groups in total. The number of para-hydroxylation sites is 1. The number of hydrogen-bond donors (Lipinski definition) is 1. The first-order chi connectivity index (χ1) is 13.3. The number of benzene rings is 2. The van der Waals surface area contributed by atoms with Crippen molar-refractivity contribution in [3.05, 3.63) is 64.2 Å². The molecule has 1 aliphatic rings. The molecular formula is C21H19ClN2O4. The number of urea groups is 1. The second-order valence-electron chi connectivity index (χ2n) is 6.60. The average Bonchev–Trinajstić information content (AvgIpc) is 2.62. The maximum absolute atomic E-state index is 13.0. The van der Waals surface area contributed by atoms with E-state index in [2.05, 4.69) is 5.32 Å². The van der Waals surface area contributed by atoms with Gasteiger partial charge < -0.3 is 4.74 Å². The van der Waals surface area contributed by atoms with Crippen molar-refractivity contribution in [1.29, 1.82) is 0 Å². The van der Waals surface area contributed by atoms with Gasteiger partial charge in [-0.25, -0.2) is 9.69 Å². The number of nitrogens with zero attached hydrogens (tertiary/aromatic N) is 1. The van der Waals surface area contributed by atoms with Crippen molar-refractivity contribution in [2.24, 2.45) is 0 Å². The predicted octanol–water partition coefficient (Wildman–Crippen LogP) is 4.10. The van der Waals surface area contributed by atoms with Gasteiger partial charge in [0, 0.05) is 10.6 Å². The largest absolute Gasteiger partial charge is 0.490 e. The van der Waals surface area contributed by atoms with Gasteiger partial charge in [-0.15, -0.1) is 0 Å². The molecule has 0 aromatic heterocycles. The van der Waals surface area contributed by atoms with Crippen LogP contribution in [-0.4, -0.2) is 23.9 Å². The molecule has 1 fully saturated rings. The lowest BCUT2D eigenvalue weighted by Gasteiger charge is -2.26. The molecule has 0 saturated carbocycles. The highest BCUT2D eigenvalue weighted by atomic mass is 35.5. The van der Waals surface area contributed by atoms with E-state index in [0.717, 1.165) is 10.5 Å². The normalized spacial score (nSPS) is 16.0. The molecule has 3 rings (SSSR count). The summed E-state index contributed by atoms with van der Waals surface area (Å²) in [6, 6.07) is 11.0. The van der Waals surface area contributed by atoms with Crippen LogP contribution in [0.5, 0.6) is 5.75 Å². The zero-order valence-corrected chi connectivity index (χ0v) is 16.4. The van der Waals surface area contributed by atoms with Crippen LogP contribution in [0.2, 0.25) is 5.02 Å². The zero-order chi connectivity index (χ0) is 20.4. The van der Waals surface area contributed by atoms with Gasteiger partial charge in [-0.05, 0) is 50.6 Å². The Morgan fingerprint density at radius 3 is 2.50 bits per heavy atom. The smallest absolute Gasteiger partial charge is 0.335 e. The monoisotopic (exact) mass is 398 g/mol.